The van der Waals surface area contributed by atoms with Gasteiger partial charge in [0.2, 0.25) is 0 Å². The molecule has 126 valence electrons. The fourth-order valence-electron chi connectivity index (χ4n) is 2.25. The lowest BCUT2D eigenvalue weighted by Crippen LogP contribution is -2.11. The van der Waals surface area contributed by atoms with Gasteiger partial charge in [-0.1, -0.05) is 42.5 Å². The molecule has 0 bridgehead atoms. The Labute approximate surface area is 161 Å². The predicted molar refractivity (Wildman–Crippen MR) is 107 cm³/mol. The van der Waals surface area contributed by atoms with Gasteiger partial charge in [-0.3, -0.25) is 0 Å². The monoisotopic (exact) mass is 423 g/mol. The highest BCUT2D eigenvalue weighted by molar-refractivity contribution is 9.10. The third kappa shape index (κ3) is 5.64. The SMILES string of the molecule is Brc1cc(CNCc2cccs2)ccc1OCc1ccccc1.Cl. The Hall–Kier alpha value is -1.33. The normalized spacial score (nSPS) is 10.2. The molecule has 0 saturated heterocycles. The lowest BCUT2D eigenvalue weighted by molar-refractivity contribution is 0.304. The summed E-state index contributed by atoms with van der Waals surface area (Å²) in [7, 11) is 0. The molecule has 0 saturated carbocycles. The van der Waals surface area contributed by atoms with Crippen molar-refractivity contribution in [3.05, 3.63) is 86.5 Å². The van der Waals surface area contributed by atoms with Gasteiger partial charge in [0.1, 0.15) is 12.4 Å². The summed E-state index contributed by atoms with van der Waals surface area (Å²) in [5, 5.41) is 5.56. The summed E-state index contributed by atoms with van der Waals surface area (Å²) in [4.78, 5) is 1.35. The van der Waals surface area contributed by atoms with E-state index in [-0.39, 0.29) is 12.4 Å². The Morgan fingerprint density at radius 1 is 0.917 bits per heavy atom. The summed E-state index contributed by atoms with van der Waals surface area (Å²) in [6, 6.07) is 20.7. The summed E-state index contributed by atoms with van der Waals surface area (Å²) in [5.74, 6) is 0.871. The van der Waals surface area contributed by atoms with Crippen LogP contribution in [-0.2, 0) is 19.7 Å². The molecule has 0 unspecified atom stereocenters. The molecule has 2 aromatic carbocycles. The van der Waals surface area contributed by atoms with E-state index in [1.165, 1.54) is 16.0 Å². The maximum atomic E-state index is 5.88. The second kappa shape index (κ2) is 9.84. The molecule has 2 nitrogen and oxygen atoms in total. The van der Waals surface area contributed by atoms with E-state index in [4.69, 9.17) is 4.74 Å². The third-order valence-electron chi connectivity index (χ3n) is 3.44. The van der Waals surface area contributed by atoms with Crippen molar-refractivity contribution in [2.45, 2.75) is 19.7 Å². The minimum absolute atomic E-state index is 0. The minimum atomic E-state index is 0. The number of benzene rings is 2. The van der Waals surface area contributed by atoms with E-state index in [1.807, 2.05) is 24.3 Å². The second-order valence-corrected chi connectivity index (χ2v) is 7.11. The zero-order valence-electron chi connectivity index (χ0n) is 13.1. The van der Waals surface area contributed by atoms with Crippen LogP contribution in [0.2, 0.25) is 0 Å². The summed E-state index contributed by atoms with van der Waals surface area (Å²) < 4.78 is 6.87. The molecule has 0 aliphatic rings. The molecule has 0 aliphatic heterocycles. The van der Waals surface area contributed by atoms with E-state index < -0.39 is 0 Å². The number of hydrogen-bond donors (Lipinski definition) is 1. The largest absolute Gasteiger partial charge is 0.488 e. The summed E-state index contributed by atoms with van der Waals surface area (Å²) in [6.07, 6.45) is 0. The Morgan fingerprint density at radius 2 is 1.75 bits per heavy atom. The Balaban J connectivity index is 0.00000208. The van der Waals surface area contributed by atoms with E-state index >= 15 is 0 Å². The van der Waals surface area contributed by atoms with Gasteiger partial charge in [-0.25, -0.2) is 0 Å². The van der Waals surface area contributed by atoms with E-state index in [0.29, 0.717) is 6.61 Å². The maximum absolute atomic E-state index is 5.88. The van der Waals surface area contributed by atoms with E-state index in [2.05, 4.69) is 63.0 Å². The van der Waals surface area contributed by atoms with Crippen molar-refractivity contribution in [1.82, 2.24) is 5.32 Å². The van der Waals surface area contributed by atoms with Crippen LogP contribution in [0.25, 0.3) is 0 Å². The van der Waals surface area contributed by atoms with Gasteiger partial charge in [0, 0.05) is 18.0 Å². The first-order chi connectivity index (χ1) is 11.3. The molecule has 0 aliphatic carbocycles. The average Bonchev–Trinajstić information content (AvgIpc) is 3.08. The third-order valence-corrected chi connectivity index (χ3v) is 4.94. The van der Waals surface area contributed by atoms with Crippen LogP contribution in [0.3, 0.4) is 0 Å². The summed E-state index contributed by atoms with van der Waals surface area (Å²) in [5.41, 5.74) is 2.40. The quantitative estimate of drug-likeness (QED) is 0.517. The average molecular weight is 425 g/mol. The fraction of sp³-hybridized carbons (Fsp3) is 0.158. The van der Waals surface area contributed by atoms with E-state index in [0.717, 1.165) is 23.3 Å². The van der Waals surface area contributed by atoms with Crippen molar-refractivity contribution in [1.29, 1.82) is 0 Å². The van der Waals surface area contributed by atoms with E-state index in [1.54, 1.807) is 11.3 Å². The number of halogens is 2. The molecule has 0 spiro atoms. The molecule has 24 heavy (non-hydrogen) atoms. The maximum Gasteiger partial charge on any atom is 0.134 e. The summed E-state index contributed by atoms with van der Waals surface area (Å²) >= 11 is 5.38. The molecular weight excluding hydrogens is 406 g/mol. The van der Waals surface area contributed by atoms with Gasteiger partial charge in [-0.15, -0.1) is 23.7 Å². The molecule has 0 amide bonds. The highest BCUT2D eigenvalue weighted by Gasteiger charge is 2.04. The van der Waals surface area contributed by atoms with Crippen LogP contribution in [-0.4, -0.2) is 0 Å². The van der Waals surface area contributed by atoms with Gasteiger partial charge >= 0.3 is 0 Å². The standard InChI is InChI=1S/C19H18BrNOS.ClH/c20-18-11-16(12-21-13-17-7-4-10-23-17)8-9-19(18)22-14-15-5-2-1-3-6-15;/h1-11,21H,12-14H2;1H. The van der Waals surface area contributed by atoms with Crippen LogP contribution >= 0.6 is 39.7 Å². The second-order valence-electron chi connectivity index (χ2n) is 5.22. The molecule has 0 radical (unpaired) electrons. The molecular formula is C19H19BrClNOS. The van der Waals surface area contributed by atoms with Crippen molar-refractivity contribution in [2.75, 3.05) is 0 Å². The van der Waals surface area contributed by atoms with Crippen LogP contribution < -0.4 is 10.1 Å². The van der Waals surface area contributed by atoms with Crippen molar-refractivity contribution < 1.29 is 4.74 Å². The topological polar surface area (TPSA) is 21.3 Å². The molecule has 3 rings (SSSR count). The van der Waals surface area contributed by atoms with Gasteiger partial charge in [0.15, 0.2) is 0 Å². The molecule has 5 heteroatoms. The first-order valence-corrected chi connectivity index (χ1v) is 9.17. The minimum Gasteiger partial charge on any atom is -0.488 e. The van der Waals surface area contributed by atoms with Gasteiger partial charge in [0.05, 0.1) is 4.47 Å². The predicted octanol–water partition coefficient (Wildman–Crippen LogP) is 5.80. The molecule has 0 fully saturated rings. The summed E-state index contributed by atoms with van der Waals surface area (Å²) in [6.45, 7) is 2.33. The van der Waals surface area contributed by atoms with Gasteiger partial charge < -0.3 is 10.1 Å². The Kier molecular flexibility index (Phi) is 7.79. The first-order valence-electron chi connectivity index (χ1n) is 7.49. The van der Waals surface area contributed by atoms with Crippen LogP contribution in [0.5, 0.6) is 5.75 Å². The fourth-order valence-corrected chi connectivity index (χ4v) is 3.47. The Bertz CT molecular complexity index is 734. The van der Waals surface area contributed by atoms with Gasteiger partial charge in [0.25, 0.3) is 0 Å². The smallest absolute Gasteiger partial charge is 0.134 e. The van der Waals surface area contributed by atoms with Crippen LogP contribution in [0, 0.1) is 0 Å². The lowest BCUT2D eigenvalue weighted by Gasteiger charge is -2.10. The van der Waals surface area contributed by atoms with Crippen LogP contribution in [0.1, 0.15) is 16.0 Å². The molecule has 1 aromatic heterocycles. The molecule has 3 aromatic rings. The number of nitrogens with one attached hydrogen (secondary N) is 1. The number of thiophene rings is 1. The first kappa shape index (κ1) is 19.0. The van der Waals surface area contributed by atoms with Crippen molar-refractivity contribution in [3.63, 3.8) is 0 Å². The lowest BCUT2D eigenvalue weighted by atomic mass is 10.2. The van der Waals surface area contributed by atoms with E-state index in [9.17, 15) is 0 Å². The zero-order chi connectivity index (χ0) is 15.9. The highest BCUT2D eigenvalue weighted by Crippen LogP contribution is 2.27. The number of hydrogen-bond acceptors (Lipinski definition) is 3. The molecule has 0 atom stereocenters. The van der Waals surface area contributed by atoms with Crippen molar-refractivity contribution >= 4 is 39.7 Å². The van der Waals surface area contributed by atoms with Crippen molar-refractivity contribution in [2.24, 2.45) is 0 Å². The number of ether oxygens (including phenoxy) is 1. The van der Waals surface area contributed by atoms with Crippen molar-refractivity contribution in [3.8, 4) is 5.75 Å². The highest BCUT2D eigenvalue weighted by atomic mass is 79.9. The molecule has 1 heterocycles. The van der Waals surface area contributed by atoms with Gasteiger partial charge in [-0.2, -0.15) is 0 Å². The van der Waals surface area contributed by atoms with Crippen LogP contribution in [0.15, 0.2) is 70.5 Å². The Morgan fingerprint density at radius 3 is 2.46 bits per heavy atom. The zero-order valence-corrected chi connectivity index (χ0v) is 16.3. The number of rotatable bonds is 7. The van der Waals surface area contributed by atoms with Crippen LogP contribution in [0.4, 0.5) is 0 Å². The molecule has 1 N–H and O–H groups in total. The van der Waals surface area contributed by atoms with Gasteiger partial charge in [-0.05, 0) is 50.6 Å².